The van der Waals surface area contributed by atoms with E-state index in [2.05, 4.69) is 5.32 Å². The van der Waals surface area contributed by atoms with Gasteiger partial charge in [0.15, 0.2) is 0 Å². The Kier molecular flexibility index (Phi) is 3.69. The normalized spacial score (nSPS) is 27.1. The van der Waals surface area contributed by atoms with Gasteiger partial charge in [0.1, 0.15) is 6.61 Å². The maximum atomic E-state index is 11.1. The highest BCUT2D eigenvalue weighted by Crippen LogP contribution is 2.18. The first-order valence-electron chi connectivity index (χ1n) is 4.67. The van der Waals surface area contributed by atoms with Crippen molar-refractivity contribution in [2.45, 2.75) is 44.9 Å². The van der Waals surface area contributed by atoms with Crippen molar-refractivity contribution in [3.63, 3.8) is 0 Å². The molecule has 76 valence electrons. The molecule has 0 spiro atoms. The number of carbonyl (C=O) groups excluding carboxylic acids is 1. The third-order valence-corrected chi connectivity index (χ3v) is 2.03. The molecule has 1 amide bonds. The average Bonchev–Trinajstić information content (AvgIpc) is 1.98. The minimum absolute atomic E-state index is 0.0812. The predicted octanol–water partition coefficient (Wildman–Crippen LogP) is 0.0509. The monoisotopic (exact) mass is 187 g/mol. The molecule has 0 heterocycles. The Labute approximate surface area is 78.3 Å². The first-order chi connectivity index (χ1) is 6.08. The van der Waals surface area contributed by atoms with Gasteiger partial charge in [-0.3, -0.25) is 4.79 Å². The number of aliphatic hydroxyl groups is 1. The Morgan fingerprint density at radius 1 is 1.62 bits per heavy atom. The van der Waals surface area contributed by atoms with E-state index < -0.39 is 0 Å². The second kappa shape index (κ2) is 4.58. The van der Waals surface area contributed by atoms with Crippen LogP contribution in [0.25, 0.3) is 0 Å². The van der Waals surface area contributed by atoms with Crippen LogP contribution in [0.4, 0.5) is 0 Å². The van der Waals surface area contributed by atoms with Crippen molar-refractivity contribution >= 4 is 5.91 Å². The fourth-order valence-corrected chi connectivity index (χ4v) is 1.22. The Morgan fingerprint density at radius 2 is 2.23 bits per heavy atom. The summed E-state index contributed by atoms with van der Waals surface area (Å²) in [6.45, 7) is 3.89. The number of ether oxygens (including phenoxy) is 1. The molecular formula is C9H17NO3. The van der Waals surface area contributed by atoms with E-state index in [1.54, 1.807) is 0 Å². The van der Waals surface area contributed by atoms with E-state index in [4.69, 9.17) is 9.84 Å². The minimum Gasteiger partial charge on any atom is -0.393 e. The van der Waals surface area contributed by atoms with Gasteiger partial charge in [-0.1, -0.05) is 0 Å². The number of nitrogens with one attached hydrogen (secondary N) is 1. The smallest absolute Gasteiger partial charge is 0.246 e. The highest BCUT2D eigenvalue weighted by molar-refractivity contribution is 5.77. The second-order valence-corrected chi connectivity index (χ2v) is 3.75. The lowest BCUT2D eigenvalue weighted by Gasteiger charge is -2.31. The number of hydrogen-bond acceptors (Lipinski definition) is 3. The van der Waals surface area contributed by atoms with Gasteiger partial charge in [0, 0.05) is 6.04 Å². The zero-order valence-corrected chi connectivity index (χ0v) is 8.12. The van der Waals surface area contributed by atoms with Gasteiger partial charge < -0.3 is 15.2 Å². The quantitative estimate of drug-likeness (QED) is 0.654. The minimum atomic E-state index is -0.226. The van der Waals surface area contributed by atoms with Crippen molar-refractivity contribution < 1.29 is 14.6 Å². The van der Waals surface area contributed by atoms with Crippen molar-refractivity contribution in [2.75, 3.05) is 6.61 Å². The molecular weight excluding hydrogens is 170 g/mol. The zero-order valence-electron chi connectivity index (χ0n) is 8.12. The van der Waals surface area contributed by atoms with E-state index in [-0.39, 0.29) is 30.8 Å². The van der Waals surface area contributed by atoms with Crippen molar-refractivity contribution in [1.29, 1.82) is 0 Å². The third kappa shape index (κ3) is 3.74. The van der Waals surface area contributed by atoms with E-state index in [9.17, 15) is 4.79 Å². The van der Waals surface area contributed by atoms with Gasteiger partial charge in [-0.15, -0.1) is 0 Å². The molecule has 13 heavy (non-hydrogen) atoms. The summed E-state index contributed by atoms with van der Waals surface area (Å²) in [6.07, 6.45) is 1.20. The summed E-state index contributed by atoms with van der Waals surface area (Å²) in [5.74, 6) is -0.0920. The van der Waals surface area contributed by atoms with E-state index >= 15 is 0 Å². The molecule has 0 aromatic carbocycles. The summed E-state index contributed by atoms with van der Waals surface area (Å²) < 4.78 is 5.13. The molecule has 1 fully saturated rings. The topological polar surface area (TPSA) is 58.6 Å². The largest absolute Gasteiger partial charge is 0.393 e. The molecule has 1 aliphatic carbocycles. The highest BCUT2D eigenvalue weighted by Gasteiger charge is 2.28. The SMILES string of the molecule is CC(C)OCC(=O)NC1CC(O)C1. The lowest BCUT2D eigenvalue weighted by molar-refractivity contribution is -0.129. The van der Waals surface area contributed by atoms with Crippen LogP contribution in [0.15, 0.2) is 0 Å². The Balaban J connectivity index is 2.05. The highest BCUT2D eigenvalue weighted by atomic mass is 16.5. The summed E-state index contributed by atoms with van der Waals surface area (Å²) in [7, 11) is 0. The number of carbonyl (C=O) groups is 1. The van der Waals surface area contributed by atoms with E-state index in [0.717, 1.165) is 0 Å². The molecule has 0 aliphatic heterocycles. The van der Waals surface area contributed by atoms with Crippen LogP contribution in [-0.2, 0) is 9.53 Å². The van der Waals surface area contributed by atoms with Crippen molar-refractivity contribution in [3.8, 4) is 0 Å². The first kappa shape index (κ1) is 10.5. The Bertz CT molecular complexity index is 176. The van der Waals surface area contributed by atoms with Crippen molar-refractivity contribution in [1.82, 2.24) is 5.32 Å². The van der Waals surface area contributed by atoms with Crippen LogP contribution in [0.3, 0.4) is 0 Å². The molecule has 4 heteroatoms. The third-order valence-electron chi connectivity index (χ3n) is 2.03. The van der Waals surface area contributed by atoms with Gasteiger partial charge in [0.05, 0.1) is 12.2 Å². The maximum Gasteiger partial charge on any atom is 0.246 e. The van der Waals surface area contributed by atoms with Gasteiger partial charge >= 0.3 is 0 Å². The van der Waals surface area contributed by atoms with Gasteiger partial charge in [-0.05, 0) is 26.7 Å². The fraction of sp³-hybridized carbons (Fsp3) is 0.889. The van der Waals surface area contributed by atoms with Crippen LogP contribution in [0.1, 0.15) is 26.7 Å². The number of aliphatic hydroxyl groups excluding tert-OH is 1. The standard InChI is InChI=1S/C9H17NO3/c1-6(2)13-5-9(12)10-7-3-8(11)4-7/h6-8,11H,3-5H2,1-2H3,(H,10,12). The molecule has 0 atom stereocenters. The predicted molar refractivity (Wildman–Crippen MR) is 48.3 cm³/mol. The van der Waals surface area contributed by atoms with Gasteiger partial charge in [0.2, 0.25) is 5.91 Å². The molecule has 1 saturated carbocycles. The zero-order chi connectivity index (χ0) is 9.84. The molecule has 0 unspecified atom stereocenters. The van der Waals surface area contributed by atoms with E-state index in [1.807, 2.05) is 13.8 Å². The molecule has 0 aromatic heterocycles. The Morgan fingerprint density at radius 3 is 2.69 bits per heavy atom. The fourth-order valence-electron chi connectivity index (χ4n) is 1.22. The molecule has 1 aliphatic rings. The van der Waals surface area contributed by atoms with Crippen molar-refractivity contribution in [3.05, 3.63) is 0 Å². The van der Waals surface area contributed by atoms with Crippen LogP contribution in [0, 0.1) is 0 Å². The van der Waals surface area contributed by atoms with Gasteiger partial charge in [0.25, 0.3) is 0 Å². The maximum absolute atomic E-state index is 11.1. The number of hydrogen-bond donors (Lipinski definition) is 2. The molecule has 0 saturated heterocycles. The molecule has 4 nitrogen and oxygen atoms in total. The summed E-state index contributed by atoms with van der Waals surface area (Å²) >= 11 is 0. The lowest BCUT2D eigenvalue weighted by Crippen LogP contribution is -2.47. The van der Waals surface area contributed by atoms with Gasteiger partial charge in [-0.25, -0.2) is 0 Å². The van der Waals surface area contributed by atoms with Crippen LogP contribution in [0.5, 0.6) is 0 Å². The molecule has 2 N–H and O–H groups in total. The lowest BCUT2D eigenvalue weighted by atomic mass is 9.89. The van der Waals surface area contributed by atoms with E-state index in [1.165, 1.54) is 0 Å². The first-order valence-corrected chi connectivity index (χ1v) is 4.67. The van der Waals surface area contributed by atoms with Crippen LogP contribution < -0.4 is 5.32 Å². The number of amides is 1. The van der Waals surface area contributed by atoms with Gasteiger partial charge in [-0.2, -0.15) is 0 Å². The molecule has 0 radical (unpaired) electrons. The number of rotatable bonds is 4. The molecule has 0 aromatic rings. The summed E-state index contributed by atoms with van der Waals surface area (Å²) in [5.41, 5.74) is 0. The van der Waals surface area contributed by atoms with Crippen LogP contribution in [-0.4, -0.2) is 35.9 Å². The molecule has 0 bridgehead atoms. The Hall–Kier alpha value is -0.610. The summed E-state index contributed by atoms with van der Waals surface area (Å²) in [6, 6.07) is 0.151. The summed E-state index contributed by atoms with van der Waals surface area (Å²) in [5, 5.41) is 11.7. The second-order valence-electron chi connectivity index (χ2n) is 3.75. The van der Waals surface area contributed by atoms with Crippen LogP contribution in [0.2, 0.25) is 0 Å². The summed E-state index contributed by atoms with van der Waals surface area (Å²) in [4.78, 5) is 11.1. The average molecular weight is 187 g/mol. The van der Waals surface area contributed by atoms with Crippen molar-refractivity contribution in [2.24, 2.45) is 0 Å². The van der Waals surface area contributed by atoms with E-state index in [0.29, 0.717) is 12.8 Å². The molecule has 1 rings (SSSR count). The van der Waals surface area contributed by atoms with Crippen LogP contribution >= 0.6 is 0 Å².